The maximum Gasteiger partial charge on any atom is 0.344 e. The van der Waals surface area contributed by atoms with E-state index in [4.69, 9.17) is 9.47 Å². The average Bonchev–Trinajstić information content (AvgIpc) is 2.86. The van der Waals surface area contributed by atoms with Gasteiger partial charge in [0.2, 0.25) is 5.91 Å². The van der Waals surface area contributed by atoms with Crippen molar-refractivity contribution < 1.29 is 32.3 Å². The second-order valence-electron chi connectivity index (χ2n) is 8.52. The van der Waals surface area contributed by atoms with E-state index in [0.29, 0.717) is 17.1 Å². The van der Waals surface area contributed by atoms with Gasteiger partial charge in [-0.3, -0.25) is 13.9 Å². The van der Waals surface area contributed by atoms with Crippen LogP contribution >= 0.6 is 0 Å². The lowest BCUT2D eigenvalue weighted by Crippen LogP contribution is -2.39. The number of sulfonamides is 1. The van der Waals surface area contributed by atoms with Crippen molar-refractivity contribution in [2.75, 3.05) is 29.9 Å². The van der Waals surface area contributed by atoms with Crippen molar-refractivity contribution in [3.8, 4) is 5.75 Å². The fourth-order valence-electron chi connectivity index (χ4n) is 3.81. The number of benzene rings is 2. The molecule has 0 heterocycles. The van der Waals surface area contributed by atoms with E-state index in [9.17, 15) is 22.8 Å². The molecule has 0 aromatic heterocycles. The van der Waals surface area contributed by atoms with Gasteiger partial charge in [-0.25, -0.2) is 13.2 Å². The van der Waals surface area contributed by atoms with Crippen LogP contribution in [0.25, 0.3) is 0 Å². The van der Waals surface area contributed by atoms with Gasteiger partial charge in [0, 0.05) is 25.7 Å². The molecule has 2 amide bonds. The van der Waals surface area contributed by atoms with Crippen LogP contribution in [-0.4, -0.2) is 52.5 Å². The van der Waals surface area contributed by atoms with Gasteiger partial charge in [0.1, 0.15) is 5.75 Å². The molecule has 10 nitrogen and oxygen atoms in total. The van der Waals surface area contributed by atoms with E-state index in [2.05, 4.69) is 10.6 Å². The Balaban J connectivity index is 1.48. The number of carbonyl (C=O) groups excluding carboxylic acids is 3. The van der Waals surface area contributed by atoms with E-state index < -0.39 is 16.0 Å². The van der Waals surface area contributed by atoms with E-state index in [1.165, 1.54) is 56.8 Å². The van der Waals surface area contributed by atoms with Crippen molar-refractivity contribution in [2.45, 2.75) is 50.0 Å². The Hall–Kier alpha value is -3.60. The van der Waals surface area contributed by atoms with Crippen LogP contribution in [0.1, 0.15) is 39.0 Å². The van der Waals surface area contributed by atoms with Crippen LogP contribution in [0, 0.1) is 0 Å². The molecule has 1 fully saturated rings. The van der Waals surface area contributed by atoms with Crippen molar-refractivity contribution in [1.29, 1.82) is 0 Å². The highest BCUT2D eigenvalue weighted by atomic mass is 32.2. The maximum absolute atomic E-state index is 12.9. The molecule has 0 radical (unpaired) electrons. The van der Waals surface area contributed by atoms with Crippen LogP contribution in [0.5, 0.6) is 5.75 Å². The zero-order valence-electron chi connectivity index (χ0n) is 20.4. The van der Waals surface area contributed by atoms with Gasteiger partial charge in [0.25, 0.3) is 15.9 Å². The molecule has 2 aromatic rings. The molecule has 0 spiro atoms. The number of anilines is 2. The highest BCUT2D eigenvalue weighted by Gasteiger charge is 2.21. The van der Waals surface area contributed by atoms with Gasteiger partial charge in [-0.2, -0.15) is 0 Å². The molecule has 0 aliphatic heterocycles. The fourth-order valence-corrected chi connectivity index (χ4v) is 5.00. The first-order valence-electron chi connectivity index (χ1n) is 11.7. The minimum atomic E-state index is -3.83. The summed E-state index contributed by atoms with van der Waals surface area (Å²) in [5, 5.41) is 5.46. The number of nitrogens with zero attached hydrogens (tertiary/aromatic N) is 1. The first-order chi connectivity index (χ1) is 17.1. The molecule has 0 unspecified atom stereocenters. The number of esters is 1. The number of rotatable bonds is 10. The van der Waals surface area contributed by atoms with Crippen molar-refractivity contribution in [3.63, 3.8) is 0 Å². The van der Waals surface area contributed by atoms with Crippen LogP contribution in [0.3, 0.4) is 0 Å². The third kappa shape index (κ3) is 7.70. The van der Waals surface area contributed by atoms with E-state index in [-0.39, 0.29) is 36.0 Å². The van der Waals surface area contributed by atoms with Crippen LogP contribution in [-0.2, 0) is 29.1 Å². The average molecular weight is 518 g/mol. The molecule has 194 valence electrons. The van der Waals surface area contributed by atoms with Crippen molar-refractivity contribution in [1.82, 2.24) is 5.32 Å². The highest BCUT2D eigenvalue weighted by Crippen LogP contribution is 2.25. The monoisotopic (exact) mass is 517 g/mol. The smallest absolute Gasteiger partial charge is 0.344 e. The number of hydrogen-bond donors (Lipinski definition) is 2. The van der Waals surface area contributed by atoms with Crippen molar-refractivity contribution in [3.05, 3.63) is 48.5 Å². The molecule has 3 rings (SSSR count). The molecule has 36 heavy (non-hydrogen) atoms. The molecular weight excluding hydrogens is 486 g/mol. The van der Waals surface area contributed by atoms with Crippen molar-refractivity contribution in [2.24, 2.45) is 0 Å². The SMILES string of the molecule is CC(=O)Nc1ccc(S(=O)(=O)N(C)c2ccc(OCC(=O)OCC(=O)NC3CCCCC3)cc2)cc1. The standard InChI is InChI=1S/C25H31N3O7S/c1-18(29)26-20-8-14-23(15-9-20)36(32,33)28(2)21-10-12-22(13-11-21)34-17-25(31)35-16-24(30)27-19-6-4-3-5-7-19/h8-15,19H,3-7,16-17H2,1-2H3,(H,26,29)(H,27,30). The maximum atomic E-state index is 12.9. The third-order valence-corrected chi connectivity index (χ3v) is 7.52. The highest BCUT2D eigenvalue weighted by molar-refractivity contribution is 7.92. The van der Waals surface area contributed by atoms with Gasteiger partial charge < -0.3 is 20.1 Å². The quantitative estimate of drug-likeness (QED) is 0.463. The Bertz CT molecular complexity index is 1160. The summed E-state index contributed by atoms with van der Waals surface area (Å²) >= 11 is 0. The fraction of sp³-hybridized carbons (Fsp3) is 0.400. The Labute approximate surface area is 211 Å². The lowest BCUT2D eigenvalue weighted by Gasteiger charge is -2.22. The molecule has 11 heteroatoms. The summed E-state index contributed by atoms with van der Waals surface area (Å²) in [5.41, 5.74) is 0.879. The first-order valence-corrected chi connectivity index (χ1v) is 13.1. The molecule has 1 aliphatic carbocycles. The number of carbonyl (C=O) groups is 3. The minimum Gasteiger partial charge on any atom is -0.482 e. The van der Waals surface area contributed by atoms with Gasteiger partial charge in [0.15, 0.2) is 13.2 Å². The van der Waals surface area contributed by atoms with Crippen LogP contribution in [0.2, 0.25) is 0 Å². The predicted octanol–water partition coefficient (Wildman–Crippen LogP) is 2.84. The van der Waals surface area contributed by atoms with E-state index in [1.54, 1.807) is 12.1 Å². The van der Waals surface area contributed by atoms with Gasteiger partial charge in [-0.1, -0.05) is 19.3 Å². The van der Waals surface area contributed by atoms with E-state index in [1.807, 2.05) is 0 Å². The first kappa shape index (κ1) is 27.0. The Morgan fingerprint density at radius 3 is 2.19 bits per heavy atom. The summed E-state index contributed by atoms with van der Waals surface area (Å²) < 4.78 is 37.3. The Kier molecular flexibility index (Phi) is 9.29. The van der Waals surface area contributed by atoms with Crippen LogP contribution in [0.4, 0.5) is 11.4 Å². The summed E-state index contributed by atoms with van der Waals surface area (Å²) in [6.07, 6.45) is 5.25. The zero-order valence-corrected chi connectivity index (χ0v) is 21.2. The molecule has 0 saturated heterocycles. The zero-order chi connectivity index (χ0) is 26.1. The summed E-state index contributed by atoms with van der Waals surface area (Å²) in [4.78, 5) is 35.1. The lowest BCUT2D eigenvalue weighted by molar-refractivity contribution is -0.150. The van der Waals surface area contributed by atoms with Crippen LogP contribution < -0.4 is 19.7 Å². The van der Waals surface area contributed by atoms with Gasteiger partial charge in [0.05, 0.1) is 10.6 Å². The van der Waals surface area contributed by atoms with E-state index in [0.717, 1.165) is 30.0 Å². The van der Waals surface area contributed by atoms with E-state index >= 15 is 0 Å². The molecular formula is C25H31N3O7S. The molecule has 0 bridgehead atoms. The third-order valence-electron chi connectivity index (χ3n) is 5.72. The number of nitrogens with one attached hydrogen (secondary N) is 2. The van der Waals surface area contributed by atoms with Crippen molar-refractivity contribution >= 4 is 39.2 Å². The topological polar surface area (TPSA) is 131 Å². The largest absolute Gasteiger partial charge is 0.482 e. The lowest BCUT2D eigenvalue weighted by atomic mass is 9.95. The summed E-state index contributed by atoms with van der Waals surface area (Å²) in [6, 6.07) is 12.1. The Morgan fingerprint density at radius 1 is 0.944 bits per heavy atom. The van der Waals surface area contributed by atoms with Gasteiger partial charge >= 0.3 is 5.97 Å². The minimum absolute atomic E-state index is 0.0645. The molecule has 2 aromatic carbocycles. The number of hydrogen-bond acceptors (Lipinski definition) is 7. The van der Waals surface area contributed by atoms with Gasteiger partial charge in [-0.05, 0) is 61.4 Å². The normalized spacial score (nSPS) is 13.9. The predicted molar refractivity (Wildman–Crippen MR) is 134 cm³/mol. The molecule has 1 aliphatic rings. The second kappa shape index (κ2) is 12.4. The number of ether oxygens (including phenoxy) is 2. The second-order valence-corrected chi connectivity index (χ2v) is 10.5. The molecule has 2 N–H and O–H groups in total. The summed E-state index contributed by atoms with van der Waals surface area (Å²) in [6.45, 7) is 0.628. The molecule has 0 atom stereocenters. The summed E-state index contributed by atoms with van der Waals surface area (Å²) in [7, 11) is -2.42. The number of amides is 2. The Morgan fingerprint density at radius 2 is 1.58 bits per heavy atom. The van der Waals surface area contributed by atoms with Crippen LogP contribution in [0.15, 0.2) is 53.4 Å². The van der Waals surface area contributed by atoms with Gasteiger partial charge in [-0.15, -0.1) is 0 Å². The summed E-state index contributed by atoms with van der Waals surface area (Å²) in [5.74, 6) is -0.917. The molecule has 1 saturated carbocycles.